The molecule has 0 amide bonds. The fourth-order valence-corrected chi connectivity index (χ4v) is 6.77. The summed E-state index contributed by atoms with van der Waals surface area (Å²) in [7, 11) is 0. The number of carbonyl (C=O) groups is 1. The molecule has 3 rings (SSSR count). The Morgan fingerprint density at radius 2 is 1.23 bits per heavy atom. The van der Waals surface area contributed by atoms with Crippen LogP contribution in [0.1, 0.15) is 79.1 Å². The average molecular weight is 655 g/mol. The van der Waals surface area contributed by atoms with Crippen LogP contribution in [0.2, 0.25) is 0 Å². The van der Waals surface area contributed by atoms with E-state index in [2.05, 4.69) is 0 Å². The number of halogens is 12. The molecule has 3 aliphatic rings. The van der Waals surface area contributed by atoms with E-state index in [0.29, 0.717) is 25.2 Å². The zero-order valence-electron chi connectivity index (χ0n) is 24.0. The summed E-state index contributed by atoms with van der Waals surface area (Å²) < 4.78 is 158. The molecule has 6 unspecified atom stereocenters. The maximum Gasteiger partial charge on any atom is 0.426 e. The van der Waals surface area contributed by atoms with E-state index in [9.17, 15) is 67.7 Å². The lowest BCUT2D eigenvalue weighted by Gasteiger charge is -2.41. The summed E-state index contributed by atoms with van der Waals surface area (Å²) in [5.74, 6) is -3.11. The van der Waals surface area contributed by atoms with Crippen LogP contribution in [-0.2, 0) is 9.53 Å². The van der Waals surface area contributed by atoms with E-state index in [-0.39, 0.29) is 36.5 Å². The van der Waals surface area contributed by atoms with Gasteiger partial charge in [0.05, 0.1) is 5.92 Å². The molecule has 4 nitrogen and oxygen atoms in total. The summed E-state index contributed by atoms with van der Waals surface area (Å²) in [6, 6.07) is 0. The van der Waals surface area contributed by atoms with Crippen LogP contribution in [0.25, 0.3) is 0 Å². The van der Waals surface area contributed by atoms with E-state index in [1.807, 2.05) is 13.8 Å². The summed E-state index contributed by atoms with van der Waals surface area (Å²) in [5, 5.41) is 18.6. The van der Waals surface area contributed by atoms with Crippen LogP contribution in [0, 0.1) is 41.4 Å². The molecule has 3 fully saturated rings. The van der Waals surface area contributed by atoms with Gasteiger partial charge in [-0.15, -0.1) is 0 Å². The van der Waals surface area contributed by atoms with Gasteiger partial charge in [-0.1, -0.05) is 27.7 Å². The van der Waals surface area contributed by atoms with Gasteiger partial charge in [0.25, 0.3) is 11.2 Å². The summed E-state index contributed by atoms with van der Waals surface area (Å²) in [4.78, 5) is 11.6. The van der Waals surface area contributed by atoms with Crippen molar-refractivity contribution in [2.45, 2.75) is 121 Å². The fraction of sp³-hybridized carbons (Fsp3) is 0.963. The number of rotatable bonds is 6. The summed E-state index contributed by atoms with van der Waals surface area (Å²) in [6.07, 6.45) is -24.7. The van der Waals surface area contributed by atoms with Crippen LogP contribution in [-0.4, -0.2) is 58.2 Å². The largest absolute Gasteiger partial charge is 0.462 e. The van der Waals surface area contributed by atoms with Gasteiger partial charge in [0, 0.05) is 5.92 Å². The topological polar surface area (TPSA) is 66.8 Å². The number of hydrogen-bond acceptors (Lipinski definition) is 4. The number of carbonyl (C=O) groups excluding carboxylic acids is 1. The second-order valence-corrected chi connectivity index (χ2v) is 12.4. The van der Waals surface area contributed by atoms with Gasteiger partial charge in [0.15, 0.2) is 0 Å². The zero-order chi connectivity index (χ0) is 33.6. The molecule has 0 spiro atoms. The van der Waals surface area contributed by atoms with Crippen LogP contribution in [0.5, 0.6) is 0 Å². The van der Waals surface area contributed by atoms with Gasteiger partial charge in [0.1, 0.15) is 6.10 Å². The molecule has 0 aromatic rings. The predicted molar refractivity (Wildman–Crippen MR) is 128 cm³/mol. The Hall–Kier alpha value is -1.45. The standard InChI is InChI=1S/C14H20F6O3.C13H18F6O/c1-3-8(2)11(21)23-10-6-4-9(5-7-10)12(22,13(15,16)17)14(18,19)20;1-6-7(2)10-4-8(6)3-9(10)5-11(20,12(14,15)16)13(17,18)19/h8-10,22H,3-7H2,1-2H3;6-10,20H,3-5H2,1-2H3. The third kappa shape index (κ3) is 7.51. The number of aliphatic hydroxyl groups is 2. The highest BCUT2D eigenvalue weighted by atomic mass is 19.4. The van der Waals surface area contributed by atoms with Gasteiger partial charge in [-0.3, -0.25) is 4.79 Å². The first-order valence-electron chi connectivity index (χ1n) is 14.1. The van der Waals surface area contributed by atoms with Crippen molar-refractivity contribution in [2.75, 3.05) is 0 Å². The number of fused-ring (bicyclic) bond motifs is 2. The molecule has 3 saturated carbocycles. The Labute approximate surface area is 241 Å². The monoisotopic (exact) mass is 654 g/mol. The number of alkyl halides is 12. The molecular weight excluding hydrogens is 616 g/mol. The van der Waals surface area contributed by atoms with Gasteiger partial charge in [-0.25, -0.2) is 0 Å². The smallest absolute Gasteiger partial charge is 0.426 e. The third-order valence-electron chi connectivity index (χ3n) is 9.96. The molecular formula is C27H38F12O4. The van der Waals surface area contributed by atoms with Gasteiger partial charge >= 0.3 is 30.7 Å². The van der Waals surface area contributed by atoms with Crippen molar-refractivity contribution in [1.29, 1.82) is 0 Å². The van der Waals surface area contributed by atoms with E-state index in [4.69, 9.17) is 4.74 Å². The van der Waals surface area contributed by atoms with Crippen LogP contribution in [0.15, 0.2) is 0 Å². The van der Waals surface area contributed by atoms with Gasteiger partial charge in [0.2, 0.25) is 0 Å². The molecule has 0 aliphatic heterocycles. The molecule has 0 saturated heterocycles. The fourth-order valence-electron chi connectivity index (χ4n) is 6.77. The summed E-state index contributed by atoms with van der Waals surface area (Å²) in [5.41, 5.74) is -9.32. The lowest BCUT2D eigenvalue weighted by molar-refractivity contribution is -0.387. The maximum atomic E-state index is 12.8. The van der Waals surface area contributed by atoms with Crippen molar-refractivity contribution in [3.8, 4) is 0 Å². The first-order valence-corrected chi connectivity index (χ1v) is 14.1. The number of hydrogen-bond donors (Lipinski definition) is 2. The lowest BCUT2D eigenvalue weighted by Crippen LogP contribution is -2.62. The van der Waals surface area contributed by atoms with Crippen LogP contribution < -0.4 is 0 Å². The minimum Gasteiger partial charge on any atom is -0.462 e. The zero-order valence-corrected chi connectivity index (χ0v) is 24.0. The highest BCUT2D eigenvalue weighted by molar-refractivity contribution is 5.72. The molecule has 0 radical (unpaired) electrons. The Morgan fingerprint density at radius 1 is 0.767 bits per heavy atom. The molecule has 2 N–H and O–H groups in total. The predicted octanol–water partition coefficient (Wildman–Crippen LogP) is 8.15. The molecule has 43 heavy (non-hydrogen) atoms. The quantitative estimate of drug-likeness (QED) is 0.224. The van der Waals surface area contributed by atoms with Crippen molar-refractivity contribution in [3.05, 3.63) is 0 Å². The second kappa shape index (κ2) is 12.7. The van der Waals surface area contributed by atoms with E-state index in [1.54, 1.807) is 13.8 Å². The van der Waals surface area contributed by atoms with E-state index in [1.165, 1.54) is 0 Å². The first-order chi connectivity index (χ1) is 19.2. The van der Waals surface area contributed by atoms with E-state index < -0.39 is 79.1 Å². The molecule has 254 valence electrons. The van der Waals surface area contributed by atoms with Crippen molar-refractivity contribution in [3.63, 3.8) is 0 Å². The van der Waals surface area contributed by atoms with Crippen molar-refractivity contribution in [2.24, 2.45) is 41.4 Å². The number of ether oxygens (including phenoxy) is 1. The van der Waals surface area contributed by atoms with Gasteiger partial charge < -0.3 is 14.9 Å². The van der Waals surface area contributed by atoms with Crippen molar-refractivity contribution < 1.29 is 72.4 Å². The summed E-state index contributed by atoms with van der Waals surface area (Å²) >= 11 is 0. The van der Waals surface area contributed by atoms with E-state index in [0.717, 1.165) is 0 Å². The normalized spacial score (nSPS) is 31.3. The number of esters is 1. The van der Waals surface area contributed by atoms with Crippen molar-refractivity contribution in [1.82, 2.24) is 0 Å². The van der Waals surface area contributed by atoms with Crippen LogP contribution in [0.3, 0.4) is 0 Å². The molecule has 0 aromatic carbocycles. The van der Waals surface area contributed by atoms with Gasteiger partial charge in [-0.05, 0) is 81.0 Å². The lowest BCUT2D eigenvalue weighted by atomic mass is 9.72. The first kappa shape index (κ1) is 37.7. The molecule has 3 aliphatic carbocycles. The molecule has 0 aromatic heterocycles. The second-order valence-electron chi connectivity index (χ2n) is 12.4. The Bertz CT molecular complexity index is 904. The minimum absolute atomic E-state index is 0.115. The minimum atomic E-state index is -5.81. The van der Waals surface area contributed by atoms with Crippen molar-refractivity contribution >= 4 is 5.97 Å². The Balaban J connectivity index is 0.000000303. The molecule has 16 heteroatoms. The highest BCUT2D eigenvalue weighted by Crippen LogP contribution is 2.59. The summed E-state index contributed by atoms with van der Waals surface area (Å²) in [6.45, 7) is 7.25. The Morgan fingerprint density at radius 3 is 1.58 bits per heavy atom. The molecule has 2 bridgehead atoms. The highest BCUT2D eigenvalue weighted by Gasteiger charge is 2.74. The third-order valence-corrected chi connectivity index (χ3v) is 9.96. The molecule has 6 atom stereocenters. The maximum absolute atomic E-state index is 12.8. The average Bonchev–Trinajstić information content (AvgIpc) is 3.39. The molecule has 0 heterocycles. The van der Waals surface area contributed by atoms with Crippen LogP contribution in [0.4, 0.5) is 52.7 Å². The van der Waals surface area contributed by atoms with Crippen LogP contribution >= 0.6 is 0 Å². The Kier molecular flexibility index (Phi) is 11.2. The van der Waals surface area contributed by atoms with E-state index >= 15 is 0 Å². The SMILES string of the molecule is CC1C2CC(CC(O)(C(F)(F)F)C(F)(F)F)C(C2)C1C.CCC(C)C(=O)OC1CCC(C(O)(C(F)(F)F)C(F)(F)F)CC1. The van der Waals surface area contributed by atoms with Gasteiger partial charge in [-0.2, -0.15) is 52.7 Å².